The molecule has 1 aliphatic heterocycles. The van der Waals surface area contributed by atoms with Crippen molar-refractivity contribution < 1.29 is 18.7 Å². The van der Waals surface area contributed by atoms with Gasteiger partial charge in [-0.15, -0.1) is 22.7 Å². The van der Waals surface area contributed by atoms with Crippen molar-refractivity contribution >= 4 is 34.5 Å². The predicted octanol–water partition coefficient (Wildman–Crippen LogP) is 4.62. The Morgan fingerprint density at radius 3 is 2.81 bits per heavy atom. The van der Waals surface area contributed by atoms with Gasteiger partial charge in [0.05, 0.1) is 10.9 Å². The van der Waals surface area contributed by atoms with Gasteiger partial charge in [-0.3, -0.25) is 9.59 Å². The quantitative estimate of drug-likeness (QED) is 0.519. The lowest BCUT2D eigenvalue weighted by atomic mass is 10.0. The number of hydrogen-bond acceptors (Lipinski definition) is 5. The number of hydrogen-bond donors (Lipinski definition) is 0. The van der Waals surface area contributed by atoms with E-state index in [0.717, 1.165) is 12.0 Å². The van der Waals surface area contributed by atoms with E-state index in [-0.39, 0.29) is 36.8 Å². The van der Waals surface area contributed by atoms with Crippen molar-refractivity contribution in [3.63, 3.8) is 0 Å². The number of thiophene rings is 2. The number of carbonyl (C=O) groups excluding carboxylic acids is 2. The molecule has 3 heterocycles. The van der Waals surface area contributed by atoms with Crippen molar-refractivity contribution in [1.29, 1.82) is 0 Å². The molecule has 1 aliphatic rings. The van der Waals surface area contributed by atoms with Gasteiger partial charge in [-0.1, -0.05) is 12.1 Å². The fourth-order valence-corrected chi connectivity index (χ4v) is 5.36. The molecule has 162 valence electrons. The summed E-state index contributed by atoms with van der Waals surface area (Å²) in [6, 6.07) is 11.3. The highest BCUT2D eigenvalue weighted by Crippen LogP contribution is 2.34. The van der Waals surface area contributed by atoms with Crippen LogP contribution in [0.2, 0.25) is 0 Å². The molecular weight excluding hydrogens is 435 g/mol. The molecule has 0 bridgehead atoms. The maximum atomic E-state index is 13.5. The molecule has 8 heteroatoms. The van der Waals surface area contributed by atoms with Crippen LogP contribution in [-0.2, 0) is 11.2 Å². The standard InChI is InChI=1S/C23H23FN2O3S2/c1-2-25(23(28)21-7-4-11-30-21)14-22(27)26-10-8-20-18(9-12-31-20)19(26)15-29-17-6-3-5-16(24)13-17/h3-7,9,11-13,19H,2,8,10,14-15H2,1H3. The van der Waals surface area contributed by atoms with Crippen molar-refractivity contribution in [2.75, 3.05) is 26.2 Å². The molecule has 0 saturated heterocycles. The van der Waals surface area contributed by atoms with Crippen LogP contribution < -0.4 is 4.74 Å². The van der Waals surface area contributed by atoms with Gasteiger partial charge in [-0.05, 0) is 53.9 Å². The first-order valence-corrected chi connectivity index (χ1v) is 11.9. The van der Waals surface area contributed by atoms with E-state index in [4.69, 9.17) is 4.74 Å². The minimum atomic E-state index is -0.365. The van der Waals surface area contributed by atoms with E-state index in [9.17, 15) is 14.0 Å². The highest BCUT2D eigenvalue weighted by atomic mass is 32.1. The molecule has 31 heavy (non-hydrogen) atoms. The van der Waals surface area contributed by atoms with E-state index >= 15 is 0 Å². The molecule has 0 fully saturated rings. The lowest BCUT2D eigenvalue weighted by Gasteiger charge is -2.37. The molecular formula is C23H23FN2O3S2. The molecule has 0 aliphatic carbocycles. The third-order valence-corrected chi connectivity index (χ3v) is 7.20. The zero-order valence-corrected chi connectivity index (χ0v) is 18.8. The highest BCUT2D eigenvalue weighted by molar-refractivity contribution is 7.12. The zero-order chi connectivity index (χ0) is 21.8. The van der Waals surface area contributed by atoms with E-state index < -0.39 is 0 Å². The molecule has 1 atom stereocenters. The Morgan fingerprint density at radius 2 is 2.06 bits per heavy atom. The van der Waals surface area contributed by atoms with Gasteiger partial charge in [0.1, 0.15) is 24.7 Å². The Morgan fingerprint density at radius 1 is 1.19 bits per heavy atom. The largest absolute Gasteiger partial charge is 0.491 e. The lowest BCUT2D eigenvalue weighted by Crippen LogP contribution is -2.47. The topological polar surface area (TPSA) is 49.9 Å². The van der Waals surface area contributed by atoms with E-state index in [1.807, 2.05) is 29.8 Å². The van der Waals surface area contributed by atoms with Crippen molar-refractivity contribution in [3.8, 4) is 5.75 Å². The molecule has 1 unspecified atom stereocenters. The molecule has 5 nitrogen and oxygen atoms in total. The summed E-state index contributed by atoms with van der Waals surface area (Å²) >= 11 is 3.04. The summed E-state index contributed by atoms with van der Waals surface area (Å²) in [4.78, 5) is 31.2. The van der Waals surface area contributed by atoms with Crippen molar-refractivity contribution in [1.82, 2.24) is 9.80 Å². The highest BCUT2D eigenvalue weighted by Gasteiger charge is 2.33. The Bertz CT molecular complexity index is 1050. The summed E-state index contributed by atoms with van der Waals surface area (Å²) in [5, 5.41) is 3.87. The summed E-state index contributed by atoms with van der Waals surface area (Å²) in [5.41, 5.74) is 1.06. The van der Waals surface area contributed by atoms with E-state index in [0.29, 0.717) is 23.7 Å². The van der Waals surface area contributed by atoms with E-state index in [1.165, 1.54) is 28.3 Å². The first-order valence-electron chi connectivity index (χ1n) is 10.1. The molecule has 2 amide bonds. The van der Waals surface area contributed by atoms with Crippen LogP contribution >= 0.6 is 22.7 Å². The number of ether oxygens (including phenoxy) is 1. The van der Waals surface area contributed by atoms with Gasteiger partial charge in [-0.25, -0.2) is 4.39 Å². The second kappa shape index (κ2) is 9.62. The average Bonchev–Trinajstić information content (AvgIpc) is 3.47. The molecule has 0 radical (unpaired) electrons. The fraction of sp³-hybridized carbons (Fsp3) is 0.304. The summed E-state index contributed by atoms with van der Waals surface area (Å²) in [7, 11) is 0. The van der Waals surface area contributed by atoms with Crippen LogP contribution in [0, 0.1) is 5.82 Å². The van der Waals surface area contributed by atoms with Crippen molar-refractivity contribution in [2.24, 2.45) is 0 Å². The van der Waals surface area contributed by atoms with Gasteiger partial charge >= 0.3 is 0 Å². The summed E-state index contributed by atoms with van der Waals surface area (Å²) in [6.45, 7) is 3.13. The van der Waals surface area contributed by atoms with Crippen LogP contribution in [0.4, 0.5) is 4.39 Å². The van der Waals surface area contributed by atoms with Crippen molar-refractivity contribution in [2.45, 2.75) is 19.4 Å². The smallest absolute Gasteiger partial charge is 0.264 e. The van der Waals surface area contributed by atoms with Crippen LogP contribution in [0.25, 0.3) is 0 Å². The normalized spacial score (nSPS) is 15.4. The molecule has 0 spiro atoms. The number of benzene rings is 1. The maximum absolute atomic E-state index is 13.5. The number of fused-ring (bicyclic) bond motifs is 1. The zero-order valence-electron chi connectivity index (χ0n) is 17.1. The summed E-state index contributed by atoms with van der Waals surface area (Å²) in [5.74, 6) is -0.183. The van der Waals surface area contributed by atoms with Crippen LogP contribution in [0.1, 0.15) is 33.1 Å². The van der Waals surface area contributed by atoms with Gasteiger partial charge in [0, 0.05) is 24.0 Å². The van der Waals surface area contributed by atoms with Gasteiger partial charge < -0.3 is 14.5 Å². The molecule has 4 rings (SSSR count). The summed E-state index contributed by atoms with van der Waals surface area (Å²) < 4.78 is 19.4. The van der Waals surface area contributed by atoms with Gasteiger partial charge in [0.15, 0.2) is 0 Å². The predicted molar refractivity (Wildman–Crippen MR) is 120 cm³/mol. The first kappa shape index (κ1) is 21.5. The van der Waals surface area contributed by atoms with Crippen LogP contribution in [0.15, 0.2) is 53.2 Å². The molecule has 0 saturated carbocycles. The maximum Gasteiger partial charge on any atom is 0.264 e. The van der Waals surface area contributed by atoms with Crippen LogP contribution in [0.5, 0.6) is 5.75 Å². The third kappa shape index (κ3) is 4.80. The van der Waals surface area contributed by atoms with Crippen LogP contribution in [-0.4, -0.2) is 47.9 Å². The monoisotopic (exact) mass is 458 g/mol. The SMILES string of the molecule is CCN(CC(=O)N1CCc2sccc2C1COc1cccc(F)c1)C(=O)c1cccs1. The van der Waals surface area contributed by atoms with Gasteiger partial charge in [0.2, 0.25) is 5.91 Å². The van der Waals surface area contributed by atoms with Crippen molar-refractivity contribution in [3.05, 3.63) is 74.4 Å². The molecule has 2 aromatic heterocycles. The average molecular weight is 459 g/mol. The number of nitrogens with zero attached hydrogens (tertiary/aromatic N) is 2. The second-order valence-electron chi connectivity index (χ2n) is 7.22. The third-order valence-electron chi connectivity index (χ3n) is 5.35. The Kier molecular flexibility index (Phi) is 6.67. The minimum absolute atomic E-state index is 0.0170. The van der Waals surface area contributed by atoms with E-state index in [2.05, 4.69) is 0 Å². The van der Waals surface area contributed by atoms with E-state index in [1.54, 1.807) is 39.3 Å². The number of likely N-dealkylation sites (N-methyl/N-ethyl adjacent to an activating group) is 1. The fourth-order valence-electron chi connectivity index (χ4n) is 3.74. The number of carbonyl (C=O) groups is 2. The molecule has 0 N–H and O–H groups in total. The Balaban J connectivity index is 1.50. The first-order chi connectivity index (χ1) is 15.1. The number of rotatable bonds is 7. The van der Waals surface area contributed by atoms with Gasteiger partial charge in [0.25, 0.3) is 5.91 Å². The second-order valence-corrected chi connectivity index (χ2v) is 9.17. The lowest BCUT2D eigenvalue weighted by molar-refractivity contribution is -0.135. The Hall–Kier alpha value is -2.71. The number of halogens is 1. The Labute approximate surface area is 188 Å². The van der Waals surface area contributed by atoms with Crippen LogP contribution in [0.3, 0.4) is 0 Å². The minimum Gasteiger partial charge on any atom is -0.491 e. The van der Waals surface area contributed by atoms with Gasteiger partial charge in [-0.2, -0.15) is 0 Å². The molecule has 1 aromatic carbocycles. The molecule has 3 aromatic rings. The number of amides is 2. The summed E-state index contributed by atoms with van der Waals surface area (Å²) in [6.07, 6.45) is 0.778.